The van der Waals surface area contributed by atoms with Gasteiger partial charge in [0, 0.05) is 29.3 Å². The first-order valence-corrected chi connectivity index (χ1v) is 13.8. The Hall–Kier alpha value is -2.96. The Morgan fingerprint density at radius 3 is 2.32 bits per heavy atom. The van der Waals surface area contributed by atoms with E-state index in [1.807, 2.05) is 99.6 Å². The van der Waals surface area contributed by atoms with Crippen LogP contribution in [-0.2, 0) is 28.3 Å². The number of benzene rings is 3. The number of carbonyl (C=O) groups is 2. The van der Waals surface area contributed by atoms with Crippen LogP contribution < -0.4 is 10.1 Å². The average Bonchev–Trinajstić information content (AvgIpc) is 2.87. The molecule has 3 aromatic rings. The Labute approximate surface area is 229 Å². The molecule has 0 radical (unpaired) electrons. The number of hydrogen-bond donors (Lipinski definition) is 1. The van der Waals surface area contributed by atoms with Crippen LogP contribution in [-0.4, -0.2) is 41.2 Å². The maximum absolute atomic E-state index is 13.7. The molecule has 0 saturated heterocycles. The molecule has 0 fully saturated rings. The molecule has 3 rings (SSSR count). The Kier molecular flexibility index (Phi) is 10.5. The van der Waals surface area contributed by atoms with Crippen molar-refractivity contribution < 1.29 is 14.3 Å². The lowest BCUT2D eigenvalue weighted by molar-refractivity contribution is -0.140. The van der Waals surface area contributed by atoms with Gasteiger partial charge in [-0.3, -0.25) is 9.59 Å². The highest BCUT2D eigenvalue weighted by atomic mass is 35.5. The van der Waals surface area contributed by atoms with E-state index < -0.39 is 11.6 Å². The third-order valence-electron chi connectivity index (χ3n) is 5.70. The summed E-state index contributed by atoms with van der Waals surface area (Å²) >= 11 is 7.80. The molecule has 0 aliphatic heterocycles. The van der Waals surface area contributed by atoms with Crippen LogP contribution >= 0.6 is 23.4 Å². The fourth-order valence-electron chi connectivity index (χ4n) is 3.92. The van der Waals surface area contributed by atoms with Crippen molar-refractivity contribution in [2.75, 3.05) is 12.9 Å². The summed E-state index contributed by atoms with van der Waals surface area (Å²) in [5, 5.41) is 3.77. The van der Waals surface area contributed by atoms with Crippen LogP contribution in [0.1, 0.15) is 37.5 Å². The highest BCUT2D eigenvalue weighted by Gasteiger charge is 2.32. The first kappa shape index (κ1) is 28.6. The van der Waals surface area contributed by atoms with E-state index in [1.54, 1.807) is 12.0 Å². The number of nitrogens with zero attached hydrogens (tertiary/aromatic N) is 1. The molecule has 0 aliphatic carbocycles. The summed E-state index contributed by atoms with van der Waals surface area (Å²) in [5.41, 5.74) is 2.43. The second kappa shape index (κ2) is 13.5. The van der Waals surface area contributed by atoms with E-state index in [2.05, 4.69) is 5.32 Å². The summed E-state index contributed by atoms with van der Waals surface area (Å²) in [6, 6.07) is 24.4. The maximum atomic E-state index is 13.7. The minimum Gasteiger partial charge on any atom is -0.497 e. The van der Waals surface area contributed by atoms with E-state index in [0.717, 1.165) is 16.7 Å². The smallest absolute Gasteiger partial charge is 0.243 e. The molecule has 37 heavy (non-hydrogen) atoms. The number of methoxy groups -OCH3 is 1. The molecule has 7 heteroatoms. The molecule has 0 spiro atoms. The highest BCUT2D eigenvalue weighted by Crippen LogP contribution is 2.23. The van der Waals surface area contributed by atoms with E-state index in [4.69, 9.17) is 16.3 Å². The standard InChI is InChI=1S/C30H35ClN2O3S/c1-30(2,3)32-29(35)27(18-22-11-6-5-7-12-22)33(19-23-13-10-15-25(17-23)36-4)28(34)21-37-20-24-14-8-9-16-26(24)31/h5-17,27H,18-21H2,1-4H3,(H,32,35). The van der Waals surface area contributed by atoms with Crippen molar-refractivity contribution >= 4 is 35.2 Å². The van der Waals surface area contributed by atoms with Gasteiger partial charge in [0.2, 0.25) is 11.8 Å². The molecule has 2 amide bonds. The van der Waals surface area contributed by atoms with Crippen molar-refractivity contribution in [1.29, 1.82) is 0 Å². The summed E-state index contributed by atoms with van der Waals surface area (Å²) in [7, 11) is 1.61. The van der Waals surface area contributed by atoms with Crippen molar-refractivity contribution in [3.05, 3.63) is 101 Å². The molecule has 0 saturated carbocycles. The Bertz CT molecular complexity index is 1180. The predicted molar refractivity (Wildman–Crippen MR) is 153 cm³/mol. The van der Waals surface area contributed by atoms with Crippen LogP contribution in [0.3, 0.4) is 0 Å². The van der Waals surface area contributed by atoms with Gasteiger partial charge < -0.3 is 15.0 Å². The van der Waals surface area contributed by atoms with Crippen molar-refractivity contribution in [3.8, 4) is 5.75 Å². The second-order valence-corrected chi connectivity index (χ2v) is 11.3. The molecule has 1 unspecified atom stereocenters. The molecule has 0 aromatic heterocycles. The van der Waals surface area contributed by atoms with Crippen LogP contribution in [0.25, 0.3) is 0 Å². The summed E-state index contributed by atoms with van der Waals surface area (Å²) in [4.78, 5) is 29.0. The molecule has 196 valence electrons. The lowest BCUT2D eigenvalue weighted by Crippen LogP contribution is -2.54. The maximum Gasteiger partial charge on any atom is 0.243 e. The molecule has 1 atom stereocenters. The molecule has 0 heterocycles. The average molecular weight is 539 g/mol. The van der Waals surface area contributed by atoms with Gasteiger partial charge in [-0.15, -0.1) is 11.8 Å². The monoisotopic (exact) mass is 538 g/mol. The highest BCUT2D eigenvalue weighted by molar-refractivity contribution is 7.99. The molecular weight excluding hydrogens is 504 g/mol. The van der Waals surface area contributed by atoms with Gasteiger partial charge in [-0.25, -0.2) is 0 Å². The number of thioether (sulfide) groups is 1. The third kappa shape index (κ3) is 9.13. The third-order valence-corrected chi connectivity index (χ3v) is 7.03. The summed E-state index contributed by atoms with van der Waals surface area (Å²) in [6.45, 7) is 6.12. The lowest BCUT2D eigenvalue weighted by Gasteiger charge is -2.34. The van der Waals surface area contributed by atoms with E-state index in [0.29, 0.717) is 22.9 Å². The fourth-order valence-corrected chi connectivity index (χ4v) is 5.12. The Morgan fingerprint density at radius 1 is 0.973 bits per heavy atom. The van der Waals surface area contributed by atoms with Crippen LogP contribution in [0.4, 0.5) is 0 Å². The van der Waals surface area contributed by atoms with Gasteiger partial charge in [-0.1, -0.05) is 72.3 Å². The molecule has 1 N–H and O–H groups in total. The van der Waals surface area contributed by atoms with Crippen molar-refractivity contribution in [3.63, 3.8) is 0 Å². The van der Waals surface area contributed by atoms with Gasteiger partial charge in [0.05, 0.1) is 12.9 Å². The zero-order valence-electron chi connectivity index (χ0n) is 21.9. The van der Waals surface area contributed by atoms with E-state index in [-0.39, 0.29) is 24.1 Å². The minimum absolute atomic E-state index is 0.107. The zero-order valence-corrected chi connectivity index (χ0v) is 23.4. The second-order valence-electron chi connectivity index (χ2n) is 9.90. The topological polar surface area (TPSA) is 58.6 Å². The van der Waals surface area contributed by atoms with Crippen LogP contribution in [0.2, 0.25) is 5.02 Å². The van der Waals surface area contributed by atoms with Crippen LogP contribution in [0.5, 0.6) is 5.75 Å². The van der Waals surface area contributed by atoms with Crippen molar-refractivity contribution in [2.24, 2.45) is 0 Å². The summed E-state index contributed by atoms with van der Waals surface area (Å²) in [6.07, 6.45) is 0.410. The Morgan fingerprint density at radius 2 is 1.65 bits per heavy atom. The van der Waals surface area contributed by atoms with Crippen LogP contribution in [0.15, 0.2) is 78.9 Å². The summed E-state index contributed by atoms with van der Waals surface area (Å²) in [5.74, 6) is 1.25. The number of amides is 2. The van der Waals surface area contributed by atoms with Gasteiger partial charge in [0.25, 0.3) is 0 Å². The largest absolute Gasteiger partial charge is 0.497 e. The number of ether oxygens (including phenoxy) is 1. The summed E-state index contributed by atoms with van der Waals surface area (Å²) < 4.78 is 5.39. The molecule has 0 bridgehead atoms. The zero-order chi connectivity index (χ0) is 26.8. The van der Waals surface area contributed by atoms with Gasteiger partial charge in [-0.05, 0) is 55.7 Å². The fraction of sp³-hybridized carbons (Fsp3) is 0.333. The van der Waals surface area contributed by atoms with Gasteiger partial charge >= 0.3 is 0 Å². The molecular formula is C30H35ClN2O3S. The first-order chi connectivity index (χ1) is 17.7. The van der Waals surface area contributed by atoms with E-state index >= 15 is 0 Å². The minimum atomic E-state index is -0.679. The number of carbonyl (C=O) groups excluding carboxylic acids is 2. The quantitative estimate of drug-likeness (QED) is 0.319. The Balaban J connectivity index is 1.89. The first-order valence-electron chi connectivity index (χ1n) is 12.3. The molecule has 3 aromatic carbocycles. The number of hydrogen-bond acceptors (Lipinski definition) is 4. The van der Waals surface area contributed by atoms with Gasteiger partial charge in [0.15, 0.2) is 0 Å². The van der Waals surface area contributed by atoms with Crippen molar-refractivity contribution in [2.45, 2.75) is 51.1 Å². The number of halogens is 1. The molecule has 5 nitrogen and oxygen atoms in total. The van der Waals surface area contributed by atoms with Gasteiger partial charge in [-0.2, -0.15) is 0 Å². The predicted octanol–water partition coefficient (Wildman–Crippen LogP) is 6.14. The normalized spacial score (nSPS) is 12.0. The number of rotatable bonds is 11. The van der Waals surface area contributed by atoms with E-state index in [9.17, 15) is 9.59 Å². The molecule has 0 aliphatic rings. The van der Waals surface area contributed by atoms with Crippen LogP contribution in [0, 0.1) is 0 Å². The van der Waals surface area contributed by atoms with E-state index in [1.165, 1.54) is 11.8 Å². The van der Waals surface area contributed by atoms with Gasteiger partial charge in [0.1, 0.15) is 11.8 Å². The van der Waals surface area contributed by atoms with Crippen molar-refractivity contribution in [1.82, 2.24) is 10.2 Å². The SMILES string of the molecule is COc1cccc(CN(C(=O)CSCc2ccccc2Cl)C(Cc2ccccc2)C(=O)NC(C)(C)C)c1. The lowest BCUT2D eigenvalue weighted by atomic mass is 10.0. The number of nitrogens with one attached hydrogen (secondary N) is 1.